The molecule has 0 atom stereocenters. The zero-order valence-electron chi connectivity index (χ0n) is 13.0. The molecule has 1 aromatic rings. The average Bonchev–Trinajstić information content (AvgIpc) is 3.18. The fourth-order valence-corrected chi connectivity index (χ4v) is 3.00. The van der Waals surface area contributed by atoms with Crippen molar-refractivity contribution in [2.24, 2.45) is 10.9 Å². The van der Waals surface area contributed by atoms with E-state index in [4.69, 9.17) is 0 Å². The second-order valence-corrected chi connectivity index (χ2v) is 6.53. The van der Waals surface area contributed by atoms with Gasteiger partial charge in [0.1, 0.15) is 0 Å². The van der Waals surface area contributed by atoms with E-state index in [-0.39, 0.29) is 24.0 Å². The Bertz CT molecular complexity index is 429. The number of aliphatic imine (C=N–C) groups is 1. The highest BCUT2D eigenvalue weighted by Crippen LogP contribution is 2.33. The van der Waals surface area contributed by atoms with E-state index in [1.807, 2.05) is 24.6 Å². The van der Waals surface area contributed by atoms with E-state index in [1.165, 1.54) is 35.6 Å². The first-order valence-corrected chi connectivity index (χ1v) is 8.51. The van der Waals surface area contributed by atoms with Crippen LogP contribution >= 0.6 is 35.3 Å². The average molecular weight is 422 g/mol. The number of halogens is 1. The maximum Gasteiger partial charge on any atom is 0.190 e. The van der Waals surface area contributed by atoms with Crippen LogP contribution in [0, 0.1) is 5.92 Å². The van der Waals surface area contributed by atoms with Crippen LogP contribution in [0.3, 0.4) is 0 Å². The number of nitrogens with one attached hydrogen (secondary N) is 2. The Hall–Kier alpha value is -0.370. The molecule has 0 saturated heterocycles. The minimum atomic E-state index is 0. The zero-order chi connectivity index (χ0) is 14.2. The Morgan fingerprint density at radius 1 is 1.38 bits per heavy atom. The predicted molar refractivity (Wildman–Crippen MR) is 102 cm³/mol. The summed E-state index contributed by atoms with van der Waals surface area (Å²) in [5, 5.41) is 7.94. The van der Waals surface area contributed by atoms with Crippen molar-refractivity contribution in [2.45, 2.75) is 45.4 Å². The van der Waals surface area contributed by atoms with E-state index >= 15 is 0 Å². The van der Waals surface area contributed by atoms with Crippen molar-refractivity contribution < 1.29 is 0 Å². The molecule has 0 unspecified atom stereocenters. The van der Waals surface area contributed by atoms with Gasteiger partial charge in [-0.25, -0.2) is 4.98 Å². The molecule has 0 aliphatic heterocycles. The number of guanidine groups is 1. The van der Waals surface area contributed by atoms with Crippen LogP contribution in [-0.4, -0.2) is 31.1 Å². The largest absolute Gasteiger partial charge is 0.356 e. The molecule has 2 N–H and O–H groups in total. The normalized spacial score (nSPS) is 14.7. The molecule has 1 fully saturated rings. The van der Waals surface area contributed by atoms with E-state index in [0.29, 0.717) is 0 Å². The van der Waals surface area contributed by atoms with Gasteiger partial charge in [0.05, 0.1) is 5.01 Å². The number of hydrogen-bond acceptors (Lipinski definition) is 3. The van der Waals surface area contributed by atoms with Crippen LogP contribution in [0.4, 0.5) is 0 Å². The summed E-state index contributed by atoms with van der Waals surface area (Å²) in [6.45, 7) is 4.08. The number of aromatic nitrogens is 1. The van der Waals surface area contributed by atoms with Gasteiger partial charge in [-0.05, 0) is 25.2 Å². The van der Waals surface area contributed by atoms with Crippen LogP contribution in [0.2, 0.25) is 0 Å². The Balaban J connectivity index is 0.00000220. The highest BCUT2D eigenvalue weighted by atomic mass is 127. The summed E-state index contributed by atoms with van der Waals surface area (Å²) >= 11 is 1.81. The van der Waals surface area contributed by atoms with Crippen molar-refractivity contribution in [3.05, 3.63) is 16.1 Å². The van der Waals surface area contributed by atoms with Gasteiger partial charge in [-0.2, -0.15) is 0 Å². The first kappa shape index (κ1) is 18.7. The molecule has 1 saturated carbocycles. The van der Waals surface area contributed by atoms with Gasteiger partial charge in [0.25, 0.3) is 0 Å². The lowest BCUT2D eigenvalue weighted by Gasteiger charge is -2.11. The smallest absolute Gasteiger partial charge is 0.190 e. The van der Waals surface area contributed by atoms with E-state index in [2.05, 4.69) is 27.5 Å². The number of rotatable bonds is 8. The molecular weight excluding hydrogens is 395 g/mol. The molecule has 0 amide bonds. The molecule has 0 bridgehead atoms. The highest BCUT2D eigenvalue weighted by Gasteiger charge is 2.19. The predicted octanol–water partition coefficient (Wildman–Crippen LogP) is 3.22. The Morgan fingerprint density at radius 3 is 2.76 bits per heavy atom. The van der Waals surface area contributed by atoms with Gasteiger partial charge in [0.2, 0.25) is 0 Å². The van der Waals surface area contributed by atoms with Crippen molar-refractivity contribution in [1.82, 2.24) is 15.6 Å². The molecular formula is C15H27IN4S. The molecule has 1 aromatic heterocycles. The van der Waals surface area contributed by atoms with Crippen molar-refractivity contribution in [2.75, 3.05) is 20.1 Å². The van der Waals surface area contributed by atoms with Gasteiger partial charge in [0, 0.05) is 37.6 Å². The maximum atomic E-state index is 4.43. The molecule has 4 nitrogen and oxygen atoms in total. The summed E-state index contributed by atoms with van der Waals surface area (Å²) in [4.78, 5) is 10.0. The standard InChI is InChI=1S/C15H26N4S.HI/c1-3-13-11-19-14(20-13)8-10-18-15(16-2)17-9-4-5-12-6-7-12;/h11-12H,3-10H2,1-2H3,(H2,16,17,18);1H. The maximum absolute atomic E-state index is 4.43. The quantitative estimate of drug-likeness (QED) is 0.293. The fourth-order valence-electron chi connectivity index (χ4n) is 2.14. The molecule has 0 radical (unpaired) electrons. The van der Waals surface area contributed by atoms with Gasteiger partial charge >= 0.3 is 0 Å². The molecule has 21 heavy (non-hydrogen) atoms. The summed E-state index contributed by atoms with van der Waals surface area (Å²) < 4.78 is 0. The van der Waals surface area contributed by atoms with Crippen LogP contribution in [-0.2, 0) is 12.8 Å². The lowest BCUT2D eigenvalue weighted by atomic mass is 10.2. The molecule has 2 rings (SSSR count). The van der Waals surface area contributed by atoms with E-state index in [9.17, 15) is 0 Å². The second-order valence-electron chi connectivity index (χ2n) is 5.34. The number of aryl methyl sites for hydroxylation is 1. The van der Waals surface area contributed by atoms with Crippen LogP contribution in [0.25, 0.3) is 0 Å². The molecule has 1 heterocycles. The Morgan fingerprint density at radius 2 is 2.14 bits per heavy atom. The molecule has 6 heteroatoms. The molecule has 120 valence electrons. The van der Waals surface area contributed by atoms with Gasteiger partial charge in [-0.15, -0.1) is 35.3 Å². The van der Waals surface area contributed by atoms with Crippen LogP contribution in [0.15, 0.2) is 11.2 Å². The first-order chi connectivity index (χ1) is 9.81. The minimum Gasteiger partial charge on any atom is -0.356 e. The number of nitrogens with zero attached hydrogens (tertiary/aromatic N) is 2. The van der Waals surface area contributed by atoms with Gasteiger partial charge in [0.15, 0.2) is 5.96 Å². The third kappa shape index (κ3) is 7.44. The van der Waals surface area contributed by atoms with Crippen LogP contribution in [0.5, 0.6) is 0 Å². The summed E-state index contributed by atoms with van der Waals surface area (Å²) in [5.74, 6) is 1.93. The summed E-state index contributed by atoms with van der Waals surface area (Å²) in [6, 6.07) is 0. The van der Waals surface area contributed by atoms with E-state index in [1.54, 1.807) is 0 Å². The van der Waals surface area contributed by atoms with Crippen LogP contribution < -0.4 is 10.6 Å². The molecule has 1 aliphatic carbocycles. The van der Waals surface area contributed by atoms with Crippen molar-refractivity contribution in [3.8, 4) is 0 Å². The van der Waals surface area contributed by atoms with Crippen molar-refractivity contribution in [3.63, 3.8) is 0 Å². The van der Waals surface area contributed by atoms with Crippen molar-refractivity contribution in [1.29, 1.82) is 0 Å². The third-order valence-corrected chi connectivity index (χ3v) is 4.78. The second kappa shape index (κ2) is 10.4. The summed E-state index contributed by atoms with van der Waals surface area (Å²) in [5.41, 5.74) is 0. The molecule has 0 aromatic carbocycles. The van der Waals surface area contributed by atoms with Crippen LogP contribution in [0.1, 0.15) is 42.5 Å². The van der Waals surface area contributed by atoms with Crippen molar-refractivity contribution >= 4 is 41.3 Å². The zero-order valence-corrected chi connectivity index (χ0v) is 16.2. The molecule has 1 aliphatic rings. The Kier molecular flexibility index (Phi) is 9.23. The minimum absolute atomic E-state index is 0. The lowest BCUT2D eigenvalue weighted by molar-refractivity contribution is 0.644. The topological polar surface area (TPSA) is 49.3 Å². The third-order valence-electron chi connectivity index (χ3n) is 3.58. The SMILES string of the molecule is CCc1cnc(CCNC(=NC)NCCCC2CC2)s1.I. The summed E-state index contributed by atoms with van der Waals surface area (Å²) in [7, 11) is 1.83. The fraction of sp³-hybridized carbons (Fsp3) is 0.733. The number of hydrogen-bond donors (Lipinski definition) is 2. The first-order valence-electron chi connectivity index (χ1n) is 7.70. The van der Waals surface area contributed by atoms with E-state index < -0.39 is 0 Å². The Labute approximate surface area is 149 Å². The van der Waals surface area contributed by atoms with Gasteiger partial charge in [-0.1, -0.05) is 19.8 Å². The van der Waals surface area contributed by atoms with Gasteiger partial charge < -0.3 is 10.6 Å². The highest BCUT2D eigenvalue weighted by molar-refractivity contribution is 14.0. The molecule has 0 spiro atoms. The van der Waals surface area contributed by atoms with E-state index in [0.717, 1.165) is 37.8 Å². The monoisotopic (exact) mass is 422 g/mol. The summed E-state index contributed by atoms with van der Waals surface area (Å²) in [6.07, 6.45) is 9.54. The van der Waals surface area contributed by atoms with Gasteiger partial charge in [-0.3, -0.25) is 4.99 Å². The lowest BCUT2D eigenvalue weighted by Crippen LogP contribution is -2.38. The number of thiazole rings is 1.